The molecule has 156 valence electrons. The van der Waals surface area contributed by atoms with Gasteiger partial charge in [-0.1, -0.05) is 0 Å². The molecule has 11 heteroatoms. The van der Waals surface area contributed by atoms with Gasteiger partial charge in [-0.05, 0) is 13.8 Å². The number of aliphatic hydroxyl groups is 3. The van der Waals surface area contributed by atoms with E-state index in [1.807, 2.05) is 0 Å². The first-order valence-corrected chi connectivity index (χ1v) is 8.65. The first-order chi connectivity index (χ1) is 12.6. The molecule has 27 heavy (non-hydrogen) atoms. The number of nitrogens with one attached hydrogen (secondary N) is 1. The Hall–Kier alpha value is -1.63. The van der Waals surface area contributed by atoms with E-state index in [-0.39, 0.29) is 13.1 Å². The molecule has 0 radical (unpaired) electrons. The molecular formula is C16H29N3O8. The van der Waals surface area contributed by atoms with Crippen molar-refractivity contribution in [3.05, 3.63) is 0 Å². The third-order valence-electron chi connectivity index (χ3n) is 4.11. The molecule has 1 heterocycles. The van der Waals surface area contributed by atoms with E-state index in [1.54, 1.807) is 6.92 Å². The minimum atomic E-state index is -1.51. The van der Waals surface area contributed by atoms with Crippen LogP contribution in [0.2, 0.25) is 0 Å². The van der Waals surface area contributed by atoms with Gasteiger partial charge in [0.05, 0.1) is 25.3 Å². The van der Waals surface area contributed by atoms with Crippen molar-refractivity contribution in [1.82, 2.24) is 10.2 Å². The van der Waals surface area contributed by atoms with Crippen LogP contribution in [-0.4, -0.2) is 101 Å². The van der Waals surface area contributed by atoms with E-state index in [1.165, 1.54) is 18.7 Å². The van der Waals surface area contributed by atoms with E-state index in [0.717, 1.165) is 0 Å². The molecule has 11 nitrogen and oxygen atoms in total. The van der Waals surface area contributed by atoms with E-state index in [0.29, 0.717) is 6.29 Å². The van der Waals surface area contributed by atoms with E-state index in [4.69, 9.17) is 15.2 Å². The fourth-order valence-electron chi connectivity index (χ4n) is 2.89. The molecule has 7 atom stereocenters. The first-order valence-electron chi connectivity index (χ1n) is 8.65. The molecule has 0 bridgehead atoms. The molecule has 0 aromatic carbocycles. The summed E-state index contributed by atoms with van der Waals surface area (Å²) in [6.07, 6.45) is -5.22. The first kappa shape index (κ1) is 23.4. The lowest BCUT2D eigenvalue weighted by Crippen LogP contribution is -2.65. The smallest absolute Gasteiger partial charge is 0.239 e. The van der Waals surface area contributed by atoms with Gasteiger partial charge in [-0.25, -0.2) is 0 Å². The van der Waals surface area contributed by atoms with Crippen LogP contribution < -0.4 is 11.1 Å². The average molecular weight is 391 g/mol. The van der Waals surface area contributed by atoms with Gasteiger partial charge in [-0.2, -0.15) is 0 Å². The third-order valence-corrected chi connectivity index (χ3v) is 4.11. The predicted molar refractivity (Wildman–Crippen MR) is 92.2 cm³/mol. The van der Waals surface area contributed by atoms with Crippen LogP contribution >= 0.6 is 0 Å². The van der Waals surface area contributed by atoms with Crippen molar-refractivity contribution in [3.63, 3.8) is 0 Å². The SMILES string of the molecule is CC(=O)N[C@@H]1[C@@H](OC(C)CN(CC=O)C(=O)[C@H](C)N)[C@H](O)[C@@H](CO)O[C@@H]1O. The summed E-state index contributed by atoms with van der Waals surface area (Å²) in [6.45, 7) is 3.56. The molecule has 0 spiro atoms. The zero-order chi connectivity index (χ0) is 20.7. The highest BCUT2D eigenvalue weighted by molar-refractivity contribution is 5.83. The number of aliphatic hydroxyl groups excluding tert-OH is 3. The van der Waals surface area contributed by atoms with Crippen molar-refractivity contribution >= 4 is 18.1 Å². The van der Waals surface area contributed by atoms with Crippen LogP contribution in [0, 0.1) is 0 Å². The minimum Gasteiger partial charge on any atom is -0.394 e. The van der Waals surface area contributed by atoms with Gasteiger partial charge >= 0.3 is 0 Å². The summed E-state index contributed by atoms with van der Waals surface area (Å²) in [7, 11) is 0. The summed E-state index contributed by atoms with van der Waals surface area (Å²) < 4.78 is 10.9. The minimum absolute atomic E-state index is 0.00410. The zero-order valence-electron chi connectivity index (χ0n) is 15.6. The predicted octanol–water partition coefficient (Wildman–Crippen LogP) is -3.29. The maximum absolute atomic E-state index is 12.1. The van der Waals surface area contributed by atoms with Crippen LogP contribution in [0.1, 0.15) is 20.8 Å². The van der Waals surface area contributed by atoms with Gasteiger partial charge in [-0.15, -0.1) is 0 Å². The molecule has 1 aliphatic heterocycles. The highest BCUT2D eigenvalue weighted by Gasteiger charge is 2.46. The largest absolute Gasteiger partial charge is 0.394 e. The van der Waals surface area contributed by atoms with Crippen LogP contribution in [0.5, 0.6) is 0 Å². The number of nitrogens with two attached hydrogens (primary N) is 1. The highest BCUT2D eigenvalue weighted by atomic mass is 16.6. The Morgan fingerprint density at radius 1 is 1.37 bits per heavy atom. The van der Waals surface area contributed by atoms with Crippen LogP contribution in [0.4, 0.5) is 0 Å². The maximum atomic E-state index is 12.1. The lowest BCUT2D eigenvalue weighted by Gasteiger charge is -2.43. The van der Waals surface area contributed by atoms with Crippen molar-refractivity contribution in [2.24, 2.45) is 5.73 Å². The van der Waals surface area contributed by atoms with Crippen molar-refractivity contribution in [1.29, 1.82) is 0 Å². The van der Waals surface area contributed by atoms with Crippen molar-refractivity contribution in [3.8, 4) is 0 Å². The number of rotatable bonds is 9. The number of carbonyl (C=O) groups is 3. The Labute approximate surface area is 157 Å². The lowest BCUT2D eigenvalue weighted by atomic mass is 9.96. The molecule has 0 aromatic rings. The Balaban J connectivity index is 2.91. The summed E-state index contributed by atoms with van der Waals surface area (Å²) in [5.41, 5.74) is 5.57. The quantitative estimate of drug-likeness (QED) is 0.253. The highest BCUT2D eigenvalue weighted by Crippen LogP contribution is 2.24. The molecule has 6 N–H and O–H groups in total. The fraction of sp³-hybridized carbons (Fsp3) is 0.812. The van der Waals surface area contributed by atoms with Gasteiger partial charge in [0.25, 0.3) is 0 Å². The molecular weight excluding hydrogens is 362 g/mol. The molecule has 1 unspecified atom stereocenters. The number of amides is 2. The van der Waals surface area contributed by atoms with Gasteiger partial charge < -0.3 is 45.5 Å². The van der Waals surface area contributed by atoms with E-state index < -0.39 is 61.2 Å². The molecule has 1 saturated heterocycles. The van der Waals surface area contributed by atoms with Crippen LogP contribution in [0.15, 0.2) is 0 Å². The van der Waals surface area contributed by atoms with Crippen LogP contribution in [0.3, 0.4) is 0 Å². The Morgan fingerprint density at radius 2 is 2.00 bits per heavy atom. The van der Waals surface area contributed by atoms with Gasteiger partial charge in [0.2, 0.25) is 11.8 Å². The molecule has 0 aromatic heterocycles. The summed E-state index contributed by atoms with van der Waals surface area (Å²) in [5, 5.41) is 32.2. The molecule has 1 aliphatic rings. The monoisotopic (exact) mass is 391 g/mol. The number of hydrogen-bond donors (Lipinski definition) is 5. The van der Waals surface area contributed by atoms with Crippen molar-refractivity contribution < 1.29 is 39.2 Å². The van der Waals surface area contributed by atoms with Crippen molar-refractivity contribution in [2.75, 3.05) is 19.7 Å². The summed E-state index contributed by atoms with van der Waals surface area (Å²) in [4.78, 5) is 35.5. The zero-order valence-corrected chi connectivity index (χ0v) is 15.6. The van der Waals surface area contributed by atoms with Gasteiger partial charge in [0.15, 0.2) is 6.29 Å². The lowest BCUT2D eigenvalue weighted by molar-refractivity contribution is -0.267. The molecule has 1 fully saturated rings. The Kier molecular flexibility index (Phi) is 9.22. The van der Waals surface area contributed by atoms with Gasteiger partial charge in [0, 0.05) is 13.5 Å². The van der Waals surface area contributed by atoms with E-state index >= 15 is 0 Å². The molecule has 0 saturated carbocycles. The second-order valence-electron chi connectivity index (χ2n) is 6.57. The van der Waals surface area contributed by atoms with Crippen molar-refractivity contribution in [2.45, 2.75) is 63.6 Å². The van der Waals surface area contributed by atoms with Crippen LogP contribution in [-0.2, 0) is 23.9 Å². The summed E-state index contributed by atoms with van der Waals surface area (Å²) in [6, 6.07) is -1.90. The second-order valence-corrected chi connectivity index (χ2v) is 6.57. The second kappa shape index (κ2) is 10.6. The molecule has 2 amide bonds. The van der Waals surface area contributed by atoms with Gasteiger partial charge in [0.1, 0.15) is 30.6 Å². The molecule has 0 aliphatic carbocycles. The topological polar surface area (TPSA) is 172 Å². The Bertz CT molecular complexity index is 518. The number of nitrogens with zero attached hydrogens (tertiary/aromatic N) is 1. The Morgan fingerprint density at radius 3 is 2.48 bits per heavy atom. The third kappa shape index (κ3) is 6.48. The molecule has 1 rings (SSSR count). The van der Waals surface area contributed by atoms with E-state index in [9.17, 15) is 29.7 Å². The van der Waals surface area contributed by atoms with Crippen LogP contribution in [0.25, 0.3) is 0 Å². The standard InChI is InChI=1S/C16H29N3O8/c1-8(6-19(4-5-20)15(24)9(2)17)26-14-12(18-10(3)22)16(25)27-11(7-21)13(14)23/h5,8-9,11-14,16,21,23,25H,4,6-7,17H2,1-3H3,(H,18,22)/t8?,9-,11+,12+,13+,14+,16-/m0/s1. The average Bonchev–Trinajstić information content (AvgIpc) is 2.59. The maximum Gasteiger partial charge on any atom is 0.239 e. The number of ether oxygens (including phenoxy) is 2. The number of aldehydes is 1. The number of carbonyl (C=O) groups excluding carboxylic acids is 3. The fourth-order valence-corrected chi connectivity index (χ4v) is 2.89. The number of hydrogen-bond acceptors (Lipinski definition) is 9. The normalized spacial score (nSPS) is 30.3. The summed E-state index contributed by atoms with van der Waals surface area (Å²) >= 11 is 0. The van der Waals surface area contributed by atoms with Gasteiger partial charge in [-0.3, -0.25) is 9.59 Å². The van der Waals surface area contributed by atoms with E-state index in [2.05, 4.69) is 5.32 Å². The summed E-state index contributed by atoms with van der Waals surface area (Å²) in [5.74, 6) is -0.926.